The molecule has 0 spiro atoms. The molecular weight excluding hydrogens is 188 g/mol. The molecule has 0 saturated heterocycles. The van der Waals surface area contributed by atoms with Crippen LogP contribution in [0.1, 0.15) is 33.6 Å². The molecule has 3 heteroatoms. The van der Waals surface area contributed by atoms with Crippen molar-refractivity contribution in [3.05, 3.63) is 0 Å². The zero-order chi connectivity index (χ0) is 10.3. The van der Waals surface area contributed by atoms with Crippen molar-refractivity contribution in [2.24, 2.45) is 0 Å². The van der Waals surface area contributed by atoms with Gasteiger partial charge in [0.05, 0.1) is 0 Å². The lowest BCUT2D eigenvalue weighted by Crippen LogP contribution is -2.22. The van der Waals surface area contributed by atoms with Crippen LogP contribution in [0.3, 0.4) is 0 Å². The highest BCUT2D eigenvalue weighted by atomic mass is 35.5. The first-order valence-corrected chi connectivity index (χ1v) is 4.77. The van der Waals surface area contributed by atoms with E-state index in [0.717, 1.165) is 6.42 Å². The number of carbonyl (C=O) groups is 1. The van der Waals surface area contributed by atoms with E-state index in [1.165, 1.54) is 0 Å². The number of esters is 1. The summed E-state index contributed by atoms with van der Waals surface area (Å²) in [5.74, 6) is 5.21. The molecular formula is C10H15ClO2. The maximum absolute atomic E-state index is 11.0. The van der Waals surface area contributed by atoms with Gasteiger partial charge in [-0.2, -0.15) is 0 Å². The summed E-state index contributed by atoms with van der Waals surface area (Å²) in [4.78, 5) is 11.0. The van der Waals surface area contributed by atoms with Gasteiger partial charge in [0.1, 0.15) is 5.60 Å². The van der Waals surface area contributed by atoms with Gasteiger partial charge in [0.2, 0.25) is 0 Å². The molecule has 0 aliphatic heterocycles. The molecule has 74 valence electrons. The van der Waals surface area contributed by atoms with Crippen molar-refractivity contribution in [1.29, 1.82) is 0 Å². The fourth-order valence-corrected chi connectivity index (χ4v) is 0.727. The van der Waals surface area contributed by atoms with Crippen LogP contribution < -0.4 is 0 Å². The lowest BCUT2D eigenvalue weighted by Gasteiger charge is -2.16. The van der Waals surface area contributed by atoms with Gasteiger partial charge in [-0.1, -0.05) is 5.92 Å². The SMILES string of the molecule is CC(C)(C)OC(=O)C#CCCCCl. The van der Waals surface area contributed by atoms with Crippen molar-refractivity contribution in [3.8, 4) is 11.8 Å². The Hall–Kier alpha value is -0.680. The van der Waals surface area contributed by atoms with E-state index < -0.39 is 11.6 Å². The van der Waals surface area contributed by atoms with E-state index >= 15 is 0 Å². The highest BCUT2D eigenvalue weighted by Gasteiger charge is 2.13. The third kappa shape index (κ3) is 9.23. The highest BCUT2D eigenvalue weighted by molar-refractivity contribution is 6.17. The first-order chi connectivity index (χ1) is 5.95. The molecule has 0 saturated carbocycles. The van der Waals surface area contributed by atoms with E-state index in [9.17, 15) is 4.79 Å². The molecule has 0 aromatic heterocycles. The molecule has 0 radical (unpaired) electrons. The van der Waals surface area contributed by atoms with E-state index in [2.05, 4.69) is 11.8 Å². The second-order valence-corrected chi connectivity index (χ2v) is 3.97. The normalized spacial score (nSPS) is 10.2. The first-order valence-electron chi connectivity index (χ1n) is 4.23. The molecule has 0 fully saturated rings. The van der Waals surface area contributed by atoms with E-state index in [4.69, 9.17) is 16.3 Å². The molecule has 0 bridgehead atoms. The molecule has 13 heavy (non-hydrogen) atoms. The van der Waals surface area contributed by atoms with Crippen molar-refractivity contribution < 1.29 is 9.53 Å². The van der Waals surface area contributed by atoms with E-state index in [1.54, 1.807) is 0 Å². The summed E-state index contributed by atoms with van der Waals surface area (Å²) in [5.41, 5.74) is -0.460. The fraction of sp³-hybridized carbons (Fsp3) is 0.700. The summed E-state index contributed by atoms with van der Waals surface area (Å²) in [7, 11) is 0. The van der Waals surface area contributed by atoms with Crippen LogP contribution in [-0.2, 0) is 9.53 Å². The number of ether oxygens (including phenoxy) is 1. The maximum atomic E-state index is 11.0. The van der Waals surface area contributed by atoms with Crippen LogP contribution in [0.15, 0.2) is 0 Å². The zero-order valence-corrected chi connectivity index (χ0v) is 9.07. The lowest BCUT2D eigenvalue weighted by molar-refractivity contribution is -0.147. The lowest BCUT2D eigenvalue weighted by atomic mass is 10.2. The standard InChI is InChI=1S/C10H15ClO2/c1-10(2,3)13-9(12)7-5-4-6-8-11/h4,6,8H2,1-3H3. The van der Waals surface area contributed by atoms with E-state index in [-0.39, 0.29) is 0 Å². The van der Waals surface area contributed by atoms with Gasteiger partial charge in [-0.15, -0.1) is 11.6 Å². The van der Waals surface area contributed by atoms with Gasteiger partial charge in [-0.05, 0) is 27.2 Å². The second-order valence-electron chi connectivity index (χ2n) is 3.60. The Morgan fingerprint density at radius 2 is 2.08 bits per heavy atom. The molecule has 0 atom stereocenters. The predicted octanol–water partition coefficient (Wildman–Crippen LogP) is 2.35. The molecule has 0 aliphatic carbocycles. The van der Waals surface area contributed by atoms with Crippen LogP contribution in [0, 0.1) is 11.8 Å². The minimum atomic E-state index is -0.470. The van der Waals surface area contributed by atoms with Gasteiger partial charge >= 0.3 is 5.97 Å². The second kappa shape index (κ2) is 5.88. The third-order valence-electron chi connectivity index (χ3n) is 1.02. The monoisotopic (exact) mass is 202 g/mol. The van der Waals surface area contributed by atoms with Gasteiger partial charge in [-0.3, -0.25) is 0 Å². The Kier molecular flexibility index (Phi) is 5.57. The molecule has 0 aliphatic rings. The Balaban J connectivity index is 3.78. The quantitative estimate of drug-likeness (QED) is 0.226. The van der Waals surface area contributed by atoms with Crippen LogP contribution in [0.2, 0.25) is 0 Å². The van der Waals surface area contributed by atoms with E-state index in [1.807, 2.05) is 20.8 Å². The number of alkyl halides is 1. The number of carbonyl (C=O) groups excluding carboxylic acids is 1. The minimum absolute atomic E-state index is 0.460. The van der Waals surface area contributed by atoms with Crippen molar-refractivity contribution in [1.82, 2.24) is 0 Å². The molecule has 2 nitrogen and oxygen atoms in total. The Labute approximate surface area is 84.6 Å². The van der Waals surface area contributed by atoms with Crippen molar-refractivity contribution in [2.75, 3.05) is 5.88 Å². The van der Waals surface area contributed by atoms with Gasteiger partial charge in [0, 0.05) is 18.2 Å². The number of halogens is 1. The summed E-state index contributed by atoms with van der Waals surface area (Å²) >= 11 is 5.44. The average Bonchev–Trinajstić information content (AvgIpc) is 1.94. The summed E-state index contributed by atoms with van der Waals surface area (Å²) in [6, 6.07) is 0. The largest absolute Gasteiger partial charge is 0.450 e. The molecule has 0 aromatic carbocycles. The smallest absolute Gasteiger partial charge is 0.384 e. The van der Waals surface area contributed by atoms with Crippen LogP contribution >= 0.6 is 11.6 Å². The molecule has 0 rings (SSSR count). The van der Waals surface area contributed by atoms with Gasteiger partial charge in [0.15, 0.2) is 0 Å². The molecule has 0 amide bonds. The predicted molar refractivity (Wildman–Crippen MR) is 53.6 cm³/mol. The number of rotatable bonds is 2. The number of hydrogen-bond donors (Lipinski definition) is 0. The molecule has 0 aromatic rings. The first kappa shape index (κ1) is 12.3. The van der Waals surface area contributed by atoms with Gasteiger partial charge in [-0.25, -0.2) is 4.79 Å². The minimum Gasteiger partial charge on any atom is -0.450 e. The Bertz CT molecular complexity index is 217. The Morgan fingerprint density at radius 1 is 1.46 bits per heavy atom. The summed E-state index contributed by atoms with van der Waals surface area (Å²) in [5, 5.41) is 0. The summed E-state index contributed by atoms with van der Waals surface area (Å²) in [6.07, 6.45) is 1.44. The van der Waals surface area contributed by atoms with Crippen LogP contribution in [0.5, 0.6) is 0 Å². The van der Waals surface area contributed by atoms with Crippen LogP contribution in [-0.4, -0.2) is 17.5 Å². The van der Waals surface area contributed by atoms with Crippen molar-refractivity contribution in [2.45, 2.75) is 39.2 Å². The van der Waals surface area contributed by atoms with Crippen molar-refractivity contribution in [3.63, 3.8) is 0 Å². The van der Waals surface area contributed by atoms with Crippen LogP contribution in [0.25, 0.3) is 0 Å². The molecule has 0 heterocycles. The topological polar surface area (TPSA) is 26.3 Å². The molecule has 0 unspecified atom stereocenters. The highest BCUT2D eigenvalue weighted by Crippen LogP contribution is 2.06. The number of unbranched alkanes of at least 4 members (excludes halogenated alkanes) is 1. The number of hydrogen-bond acceptors (Lipinski definition) is 2. The van der Waals surface area contributed by atoms with E-state index in [0.29, 0.717) is 12.3 Å². The Morgan fingerprint density at radius 3 is 2.54 bits per heavy atom. The fourth-order valence-electron chi connectivity index (χ4n) is 0.593. The third-order valence-corrected chi connectivity index (χ3v) is 1.29. The van der Waals surface area contributed by atoms with Crippen molar-refractivity contribution >= 4 is 17.6 Å². The van der Waals surface area contributed by atoms with Crippen LogP contribution in [0.4, 0.5) is 0 Å². The summed E-state index contributed by atoms with van der Waals surface area (Å²) < 4.78 is 4.97. The maximum Gasteiger partial charge on any atom is 0.384 e. The average molecular weight is 203 g/mol. The van der Waals surface area contributed by atoms with Gasteiger partial charge < -0.3 is 4.74 Å². The van der Waals surface area contributed by atoms with Gasteiger partial charge in [0.25, 0.3) is 0 Å². The zero-order valence-electron chi connectivity index (χ0n) is 8.32. The molecule has 0 N–H and O–H groups in total. The summed E-state index contributed by atoms with van der Waals surface area (Å²) in [6.45, 7) is 5.43.